The molecule has 0 fully saturated rings. The Hall–Kier alpha value is -1.97. The van der Waals surface area contributed by atoms with Crippen molar-refractivity contribution >= 4 is 5.97 Å². The highest BCUT2D eigenvalue weighted by atomic mass is 16.5. The van der Waals surface area contributed by atoms with Crippen LogP contribution in [0.1, 0.15) is 17.0 Å². The van der Waals surface area contributed by atoms with E-state index in [9.17, 15) is 9.90 Å². The number of benzene rings is 1. The Bertz CT molecular complexity index is 476. The predicted octanol–water partition coefficient (Wildman–Crippen LogP) is 1.95. The maximum absolute atomic E-state index is 11.3. The van der Waals surface area contributed by atoms with Gasteiger partial charge in [-0.15, -0.1) is 0 Å². The highest BCUT2D eigenvalue weighted by molar-refractivity contribution is 5.81. The van der Waals surface area contributed by atoms with Crippen LogP contribution in [-0.4, -0.2) is 25.3 Å². The summed E-state index contributed by atoms with van der Waals surface area (Å²) >= 11 is 0. The Morgan fingerprint density at radius 3 is 2.71 bits per heavy atom. The van der Waals surface area contributed by atoms with Crippen molar-refractivity contribution in [3.05, 3.63) is 41.2 Å². The molecule has 1 aliphatic rings. The van der Waals surface area contributed by atoms with Crippen LogP contribution in [0.2, 0.25) is 0 Å². The Morgan fingerprint density at radius 1 is 1.35 bits per heavy atom. The molecular weight excluding hydrogens is 220 g/mol. The molecule has 1 aromatic rings. The van der Waals surface area contributed by atoms with E-state index >= 15 is 0 Å². The summed E-state index contributed by atoms with van der Waals surface area (Å²) in [6.45, 7) is 0. The number of hydrogen-bond acceptors (Lipinski definition) is 3. The van der Waals surface area contributed by atoms with Gasteiger partial charge in [-0.05, 0) is 35.8 Å². The number of rotatable bonds is 3. The van der Waals surface area contributed by atoms with E-state index in [0.29, 0.717) is 17.9 Å². The molecule has 1 aliphatic carbocycles. The molecule has 4 heteroatoms. The molecule has 0 radical (unpaired) electrons. The standard InChI is InChI=1S/C13H14O4/c1-16-9-5-3-8-4-6-11(17-2)12(13(14)15)10(8)7-9/h3,5-7,12H,4H2,1-2H3,(H,14,15). The van der Waals surface area contributed by atoms with Crippen LogP contribution in [0.3, 0.4) is 0 Å². The van der Waals surface area contributed by atoms with Gasteiger partial charge in [-0.25, -0.2) is 0 Å². The fraction of sp³-hybridized carbons (Fsp3) is 0.308. The smallest absolute Gasteiger partial charge is 0.318 e. The largest absolute Gasteiger partial charge is 0.500 e. The first kappa shape index (κ1) is 11.5. The molecule has 0 bridgehead atoms. The number of allylic oxidation sites excluding steroid dienone is 1. The summed E-state index contributed by atoms with van der Waals surface area (Å²) in [7, 11) is 3.06. The third-order valence-corrected chi connectivity index (χ3v) is 2.95. The number of carboxylic acid groups (broad SMARTS) is 1. The maximum Gasteiger partial charge on any atom is 0.318 e. The lowest BCUT2D eigenvalue weighted by Gasteiger charge is -2.23. The average Bonchev–Trinajstić information content (AvgIpc) is 2.36. The number of fused-ring (bicyclic) bond motifs is 1. The zero-order chi connectivity index (χ0) is 12.4. The number of ether oxygens (including phenoxy) is 2. The fourth-order valence-corrected chi connectivity index (χ4v) is 2.09. The molecule has 2 rings (SSSR count). The van der Waals surface area contributed by atoms with E-state index in [2.05, 4.69) is 0 Å². The summed E-state index contributed by atoms with van der Waals surface area (Å²) < 4.78 is 10.3. The summed E-state index contributed by atoms with van der Waals surface area (Å²) in [4.78, 5) is 11.3. The van der Waals surface area contributed by atoms with Gasteiger partial charge in [0.05, 0.1) is 14.2 Å². The van der Waals surface area contributed by atoms with Crippen molar-refractivity contribution in [2.45, 2.75) is 12.3 Å². The number of hydrogen-bond donors (Lipinski definition) is 1. The Morgan fingerprint density at radius 2 is 2.12 bits per heavy atom. The van der Waals surface area contributed by atoms with Gasteiger partial charge >= 0.3 is 5.97 Å². The first-order chi connectivity index (χ1) is 8.17. The van der Waals surface area contributed by atoms with Crippen molar-refractivity contribution in [1.29, 1.82) is 0 Å². The van der Waals surface area contributed by atoms with Crippen LogP contribution in [0, 0.1) is 0 Å². The van der Waals surface area contributed by atoms with Gasteiger partial charge < -0.3 is 14.6 Å². The third-order valence-electron chi connectivity index (χ3n) is 2.95. The number of methoxy groups -OCH3 is 2. The van der Waals surface area contributed by atoms with Crippen molar-refractivity contribution in [3.8, 4) is 5.75 Å². The van der Waals surface area contributed by atoms with Crippen LogP contribution in [-0.2, 0) is 16.0 Å². The SMILES string of the molecule is COC1=CCc2ccc(OC)cc2C1C(=O)O. The van der Waals surface area contributed by atoms with Crippen LogP contribution in [0.25, 0.3) is 0 Å². The lowest BCUT2D eigenvalue weighted by atomic mass is 9.86. The van der Waals surface area contributed by atoms with Crippen molar-refractivity contribution in [1.82, 2.24) is 0 Å². The average molecular weight is 234 g/mol. The molecule has 0 heterocycles. The van der Waals surface area contributed by atoms with Gasteiger partial charge in [0.15, 0.2) is 0 Å². The fourth-order valence-electron chi connectivity index (χ4n) is 2.09. The van der Waals surface area contributed by atoms with Crippen molar-refractivity contribution < 1.29 is 19.4 Å². The van der Waals surface area contributed by atoms with Gasteiger partial charge in [-0.2, -0.15) is 0 Å². The lowest BCUT2D eigenvalue weighted by Crippen LogP contribution is -2.20. The third kappa shape index (κ3) is 1.98. The summed E-state index contributed by atoms with van der Waals surface area (Å²) in [5.41, 5.74) is 1.75. The zero-order valence-electron chi connectivity index (χ0n) is 9.77. The number of carboxylic acids is 1. The molecule has 17 heavy (non-hydrogen) atoms. The number of aliphatic carboxylic acids is 1. The number of carbonyl (C=O) groups is 1. The molecule has 4 nitrogen and oxygen atoms in total. The quantitative estimate of drug-likeness (QED) is 0.868. The van der Waals surface area contributed by atoms with Gasteiger partial charge in [-0.3, -0.25) is 4.79 Å². The molecule has 1 N–H and O–H groups in total. The van der Waals surface area contributed by atoms with E-state index in [4.69, 9.17) is 9.47 Å². The molecule has 0 aliphatic heterocycles. The van der Waals surface area contributed by atoms with Gasteiger partial charge in [0.2, 0.25) is 0 Å². The van der Waals surface area contributed by atoms with Crippen LogP contribution in [0.15, 0.2) is 30.0 Å². The summed E-state index contributed by atoms with van der Waals surface area (Å²) in [6, 6.07) is 5.50. The zero-order valence-corrected chi connectivity index (χ0v) is 9.77. The Labute approximate surface area is 99.5 Å². The lowest BCUT2D eigenvalue weighted by molar-refractivity contribution is -0.138. The van der Waals surface area contributed by atoms with Gasteiger partial charge in [0, 0.05) is 0 Å². The monoisotopic (exact) mass is 234 g/mol. The van der Waals surface area contributed by atoms with Crippen molar-refractivity contribution in [2.24, 2.45) is 0 Å². The minimum Gasteiger partial charge on any atom is -0.500 e. The molecule has 0 saturated heterocycles. The van der Waals surface area contributed by atoms with E-state index in [1.807, 2.05) is 18.2 Å². The topological polar surface area (TPSA) is 55.8 Å². The van der Waals surface area contributed by atoms with Crippen LogP contribution >= 0.6 is 0 Å². The molecule has 1 unspecified atom stereocenters. The Kier molecular flexibility index (Phi) is 3.04. The molecule has 0 amide bonds. The Balaban J connectivity index is 2.51. The van der Waals surface area contributed by atoms with E-state index in [1.165, 1.54) is 7.11 Å². The van der Waals surface area contributed by atoms with E-state index in [0.717, 1.165) is 11.1 Å². The molecule has 0 spiro atoms. The molecule has 0 aromatic heterocycles. The first-order valence-corrected chi connectivity index (χ1v) is 5.31. The minimum atomic E-state index is -0.910. The van der Waals surface area contributed by atoms with Gasteiger partial charge in [0.1, 0.15) is 17.4 Å². The second kappa shape index (κ2) is 4.49. The van der Waals surface area contributed by atoms with Gasteiger partial charge in [0.25, 0.3) is 0 Å². The summed E-state index contributed by atoms with van der Waals surface area (Å²) in [5.74, 6) is -0.503. The highest BCUT2D eigenvalue weighted by Crippen LogP contribution is 2.35. The molecule has 1 atom stereocenters. The summed E-state index contributed by atoms with van der Waals surface area (Å²) in [5, 5.41) is 9.29. The highest BCUT2D eigenvalue weighted by Gasteiger charge is 2.30. The van der Waals surface area contributed by atoms with E-state index in [-0.39, 0.29) is 0 Å². The predicted molar refractivity (Wildman–Crippen MR) is 62.2 cm³/mol. The minimum absolute atomic E-state index is 0.484. The molecular formula is C13H14O4. The van der Waals surface area contributed by atoms with E-state index in [1.54, 1.807) is 13.2 Å². The van der Waals surface area contributed by atoms with Crippen molar-refractivity contribution in [2.75, 3.05) is 14.2 Å². The molecule has 1 aromatic carbocycles. The van der Waals surface area contributed by atoms with E-state index < -0.39 is 11.9 Å². The molecule has 90 valence electrons. The van der Waals surface area contributed by atoms with Crippen LogP contribution < -0.4 is 4.74 Å². The maximum atomic E-state index is 11.3. The second-order valence-electron chi connectivity index (χ2n) is 3.85. The first-order valence-electron chi connectivity index (χ1n) is 5.31. The van der Waals surface area contributed by atoms with Gasteiger partial charge in [-0.1, -0.05) is 6.07 Å². The summed E-state index contributed by atoms with van der Waals surface area (Å²) in [6.07, 6.45) is 2.50. The van der Waals surface area contributed by atoms with Crippen LogP contribution in [0.5, 0.6) is 5.75 Å². The normalized spacial score (nSPS) is 18.0. The molecule has 0 saturated carbocycles. The second-order valence-corrected chi connectivity index (χ2v) is 3.85. The van der Waals surface area contributed by atoms with Crippen molar-refractivity contribution in [3.63, 3.8) is 0 Å². The van der Waals surface area contributed by atoms with Crippen LogP contribution in [0.4, 0.5) is 0 Å².